The normalized spacial score (nSPS) is 9.93. The molecule has 0 saturated carbocycles. The van der Waals surface area contributed by atoms with Crippen LogP contribution in [0.15, 0.2) is 12.1 Å². The van der Waals surface area contributed by atoms with Gasteiger partial charge in [-0.1, -0.05) is 11.6 Å². The van der Waals surface area contributed by atoms with E-state index in [0.717, 1.165) is 5.56 Å². The molecule has 1 aromatic rings. The minimum absolute atomic E-state index is 0.104. The molecule has 0 bridgehead atoms. The number of carboxylic acid groups (broad SMARTS) is 1. The lowest BCUT2D eigenvalue weighted by molar-refractivity contribution is 0.0697. The fraction of sp³-hybridized carbons (Fsp3) is 0.300. The van der Waals surface area contributed by atoms with Crippen LogP contribution in [0.25, 0.3) is 0 Å². The van der Waals surface area contributed by atoms with Crippen molar-refractivity contribution in [1.29, 1.82) is 0 Å². The number of benzene rings is 1. The summed E-state index contributed by atoms with van der Waals surface area (Å²) in [4.78, 5) is 10.7. The Hall–Kier alpha value is -1.22. The number of ether oxygens (including phenoxy) is 1. The van der Waals surface area contributed by atoms with Gasteiger partial charge < -0.3 is 9.84 Å². The quantitative estimate of drug-likeness (QED) is 0.842. The lowest BCUT2D eigenvalue weighted by atomic mass is 10.1. The zero-order valence-corrected chi connectivity index (χ0v) is 8.76. The number of hydrogen-bond donors (Lipinski definition) is 1. The first-order chi connectivity index (χ1) is 6.56. The van der Waals surface area contributed by atoms with Gasteiger partial charge in [-0.05, 0) is 31.5 Å². The Morgan fingerprint density at radius 2 is 2.21 bits per heavy atom. The highest BCUT2D eigenvalue weighted by molar-refractivity contribution is 6.33. The molecule has 0 saturated heterocycles. The average Bonchev–Trinajstić information content (AvgIpc) is 2.10. The van der Waals surface area contributed by atoms with Crippen LogP contribution in [0, 0.1) is 6.92 Å². The molecule has 0 amide bonds. The molecule has 0 radical (unpaired) electrons. The number of aromatic carboxylic acids is 1. The predicted octanol–water partition coefficient (Wildman–Crippen LogP) is 2.75. The molecule has 0 atom stereocenters. The van der Waals surface area contributed by atoms with Gasteiger partial charge in [-0.2, -0.15) is 0 Å². The third kappa shape index (κ3) is 2.17. The number of aryl methyl sites for hydroxylation is 1. The van der Waals surface area contributed by atoms with E-state index in [4.69, 9.17) is 21.4 Å². The van der Waals surface area contributed by atoms with Crippen LogP contribution in [0.3, 0.4) is 0 Å². The molecule has 1 rings (SSSR count). The molecule has 0 spiro atoms. The van der Waals surface area contributed by atoms with E-state index >= 15 is 0 Å². The van der Waals surface area contributed by atoms with Gasteiger partial charge in [-0.25, -0.2) is 4.79 Å². The van der Waals surface area contributed by atoms with Gasteiger partial charge in [-0.3, -0.25) is 0 Å². The summed E-state index contributed by atoms with van der Waals surface area (Å²) in [5.74, 6) is -0.399. The van der Waals surface area contributed by atoms with Crippen molar-refractivity contribution in [3.63, 3.8) is 0 Å². The molecule has 0 unspecified atom stereocenters. The van der Waals surface area contributed by atoms with Gasteiger partial charge in [0.2, 0.25) is 0 Å². The Bertz CT molecular complexity index is 361. The van der Waals surface area contributed by atoms with Crippen molar-refractivity contribution in [3.05, 3.63) is 28.3 Å². The van der Waals surface area contributed by atoms with Gasteiger partial charge in [0.15, 0.2) is 0 Å². The summed E-state index contributed by atoms with van der Waals surface area (Å²) in [6.45, 7) is 4.18. The van der Waals surface area contributed by atoms with Crippen molar-refractivity contribution in [2.75, 3.05) is 6.61 Å². The number of hydrogen-bond acceptors (Lipinski definition) is 2. The van der Waals surface area contributed by atoms with Crippen LogP contribution in [0.4, 0.5) is 0 Å². The lowest BCUT2D eigenvalue weighted by Gasteiger charge is -2.08. The highest BCUT2D eigenvalue weighted by Crippen LogP contribution is 2.26. The first kappa shape index (κ1) is 10.9. The highest BCUT2D eigenvalue weighted by Gasteiger charge is 2.11. The van der Waals surface area contributed by atoms with Crippen LogP contribution in [-0.2, 0) is 0 Å². The second-order valence-corrected chi connectivity index (χ2v) is 3.24. The predicted molar refractivity (Wildman–Crippen MR) is 54.3 cm³/mol. The van der Waals surface area contributed by atoms with Crippen molar-refractivity contribution in [1.82, 2.24) is 0 Å². The number of halogens is 1. The van der Waals surface area contributed by atoms with E-state index < -0.39 is 5.97 Å². The average molecular weight is 215 g/mol. The van der Waals surface area contributed by atoms with Crippen LogP contribution >= 0.6 is 11.6 Å². The van der Waals surface area contributed by atoms with Crippen molar-refractivity contribution < 1.29 is 14.6 Å². The Balaban J connectivity index is 3.17. The fourth-order valence-electron chi connectivity index (χ4n) is 1.14. The minimum Gasteiger partial charge on any atom is -0.494 e. The summed E-state index contributed by atoms with van der Waals surface area (Å²) < 4.78 is 5.27. The third-order valence-corrected chi connectivity index (χ3v) is 2.11. The summed E-state index contributed by atoms with van der Waals surface area (Å²) in [6, 6.07) is 3.04. The summed E-state index contributed by atoms with van der Waals surface area (Å²) >= 11 is 5.77. The van der Waals surface area contributed by atoms with Gasteiger partial charge in [0.1, 0.15) is 5.75 Å². The Morgan fingerprint density at radius 1 is 1.57 bits per heavy atom. The topological polar surface area (TPSA) is 46.5 Å². The van der Waals surface area contributed by atoms with Crippen LogP contribution in [0.2, 0.25) is 5.02 Å². The van der Waals surface area contributed by atoms with E-state index in [2.05, 4.69) is 0 Å². The monoisotopic (exact) mass is 214 g/mol. The maximum Gasteiger partial charge on any atom is 0.337 e. The second kappa shape index (κ2) is 4.33. The molecule has 0 aliphatic carbocycles. The highest BCUT2D eigenvalue weighted by atomic mass is 35.5. The minimum atomic E-state index is -1.03. The molecule has 0 aromatic heterocycles. The lowest BCUT2D eigenvalue weighted by Crippen LogP contribution is -2.00. The number of rotatable bonds is 3. The van der Waals surface area contributed by atoms with E-state index in [1.807, 2.05) is 6.92 Å². The third-order valence-electron chi connectivity index (χ3n) is 1.79. The standard InChI is InChI=1S/C10H11ClO3/c1-3-14-9-5-8(11)7(10(12)13)4-6(9)2/h4-5H,3H2,1-2H3,(H,12,13). The molecule has 0 fully saturated rings. The fourth-order valence-corrected chi connectivity index (χ4v) is 1.37. The van der Waals surface area contributed by atoms with Crippen LogP contribution in [0.5, 0.6) is 5.75 Å². The van der Waals surface area contributed by atoms with Gasteiger partial charge in [0.25, 0.3) is 0 Å². The zero-order chi connectivity index (χ0) is 10.7. The van der Waals surface area contributed by atoms with Crippen LogP contribution in [0.1, 0.15) is 22.8 Å². The molecular weight excluding hydrogens is 204 g/mol. The van der Waals surface area contributed by atoms with E-state index in [9.17, 15) is 4.79 Å². The molecule has 0 heterocycles. The summed E-state index contributed by atoms with van der Waals surface area (Å²) in [5, 5.41) is 8.99. The Morgan fingerprint density at radius 3 is 2.71 bits per heavy atom. The largest absolute Gasteiger partial charge is 0.494 e. The number of carbonyl (C=O) groups is 1. The molecular formula is C10H11ClO3. The molecule has 0 aliphatic rings. The van der Waals surface area contributed by atoms with Crippen molar-refractivity contribution in [3.8, 4) is 5.75 Å². The zero-order valence-electron chi connectivity index (χ0n) is 8.00. The maximum absolute atomic E-state index is 10.7. The van der Waals surface area contributed by atoms with Crippen LogP contribution in [-0.4, -0.2) is 17.7 Å². The van der Waals surface area contributed by atoms with E-state index in [0.29, 0.717) is 12.4 Å². The smallest absolute Gasteiger partial charge is 0.337 e. The summed E-state index contributed by atoms with van der Waals surface area (Å²) in [7, 11) is 0. The van der Waals surface area contributed by atoms with E-state index in [1.165, 1.54) is 12.1 Å². The molecule has 4 heteroatoms. The Kier molecular flexibility index (Phi) is 3.36. The summed E-state index contributed by atoms with van der Waals surface area (Å²) in [6.07, 6.45) is 0. The van der Waals surface area contributed by atoms with E-state index in [-0.39, 0.29) is 10.6 Å². The molecule has 1 N–H and O–H groups in total. The first-order valence-corrected chi connectivity index (χ1v) is 4.60. The van der Waals surface area contributed by atoms with Crippen molar-refractivity contribution in [2.24, 2.45) is 0 Å². The maximum atomic E-state index is 10.7. The van der Waals surface area contributed by atoms with Gasteiger partial charge in [-0.15, -0.1) is 0 Å². The van der Waals surface area contributed by atoms with Crippen molar-refractivity contribution in [2.45, 2.75) is 13.8 Å². The molecule has 76 valence electrons. The molecule has 0 aliphatic heterocycles. The van der Waals surface area contributed by atoms with Crippen molar-refractivity contribution >= 4 is 17.6 Å². The SMILES string of the molecule is CCOc1cc(Cl)c(C(=O)O)cc1C. The second-order valence-electron chi connectivity index (χ2n) is 2.84. The van der Waals surface area contributed by atoms with Crippen LogP contribution < -0.4 is 4.74 Å². The van der Waals surface area contributed by atoms with Gasteiger partial charge in [0, 0.05) is 0 Å². The van der Waals surface area contributed by atoms with Gasteiger partial charge >= 0.3 is 5.97 Å². The first-order valence-electron chi connectivity index (χ1n) is 4.22. The Labute approximate surface area is 87.3 Å². The molecule has 14 heavy (non-hydrogen) atoms. The summed E-state index contributed by atoms with van der Waals surface area (Å²) in [5.41, 5.74) is 0.876. The molecule has 3 nitrogen and oxygen atoms in total. The molecule has 1 aromatic carbocycles. The van der Waals surface area contributed by atoms with E-state index in [1.54, 1.807) is 6.92 Å². The number of carboxylic acids is 1. The van der Waals surface area contributed by atoms with Gasteiger partial charge in [0.05, 0.1) is 17.2 Å².